The average Bonchev–Trinajstić information content (AvgIpc) is 2.47. The third-order valence-electron chi connectivity index (χ3n) is 2.91. The van der Waals surface area contributed by atoms with E-state index in [1.165, 1.54) is 0 Å². The van der Waals surface area contributed by atoms with Crippen molar-refractivity contribution in [1.82, 2.24) is 0 Å². The molecule has 3 heteroatoms. The van der Waals surface area contributed by atoms with E-state index in [1.54, 1.807) is 6.08 Å². The van der Waals surface area contributed by atoms with Crippen LogP contribution in [-0.2, 0) is 0 Å². The highest BCUT2D eigenvalue weighted by Crippen LogP contribution is 2.14. The summed E-state index contributed by atoms with van der Waals surface area (Å²) in [6.45, 7) is 6.37. The minimum Gasteiger partial charge on any atom is -0.382 e. The molecule has 20 heavy (non-hydrogen) atoms. The number of aryl methyl sites for hydroxylation is 1. The highest BCUT2D eigenvalue weighted by molar-refractivity contribution is 6.04. The second-order valence-corrected chi connectivity index (χ2v) is 4.57. The summed E-state index contributed by atoms with van der Waals surface area (Å²) in [5, 5.41) is 6.06. The first-order valence-corrected chi connectivity index (χ1v) is 6.52. The number of hydrogen-bond acceptors (Lipinski definition) is 2. The molecule has 1 amide bonds. The van der Waals surface area contributed by atoms with Gasteiger partial charge >= 0.3 is 0 Å². The van der Waals surface area contributed by atoms with Crippen molar-refractivity contribution in [3.05, 3.63) is 72.3 Å². The second-order valence-electron chi connectivity index (χ2n) is 4.57. The standard InChI is InChI=1S/C17H18N2O/c1-3-12-18-15-8-10-16(11-9-15)19-17(20)14-6-4-13(2)5-7-14/h3-11,18H,1,12H2,2H3,(H,19,20). The zero-order valence-electron chi connectivity index (χ0n) is 11.5. The van der Waals surface area contributed by atoms with Crippen LogP contribution in [0.1, 0.15) is 15.9 Å². The minimum absolute atomic E-state index is 0.100. The summed E-state index contributed by atoms with van der Waals surface area (Å²) in [5.74, 6) is -0.100. The van der Waals surface area contributed by atoms with E-state index in [-0.39, 0.29) is 5.91 Å². The summed E-state index contributed by atoms with van der Waals surface area (Å²) in [5.41, 5.74) is 3.57. The molecule has 0 aromatic heterocycles. The predicted molar refractivity (Wildman–Crippen MR) is 84.3 cm³/mol. The SMILES string of the molecule is C=CCNc1ccc(NC(=O)c2ccc(C)cc2)cc1. The van der Waals surface area contributed by atoms with E-state index >= 15 is 0 Å². The fourth-order valence-corrected chi connectivity index (χ4v) is 1.77. The van der Waals surface area contributed by atoms with Crippen molar-refractivity contribution in [1.29, 1.82) is 0 Å². The molecule has 0 saturated carbocycles. The van der Waals surface area contributed by atoms with Crippen molar-refractivity contribution in [3.8, 4) is 0 Å². The molecule has 0 bridgehead atoms. The van der Waals surface area contributed by atoms with Crippen LogP contribution in [0, 0.1) is 6.92 Å². The van der Waals surface area contributed by atoms with Gasteiger partial charge < -0.3 is 10.6 Å². The van der Waals surface area contributed by atoms with Crippen molar-refractivity contribution >= 4 is 17.3 Å². The molecule has 0 heterocycles. The molecule has 3 nitrogen and oxygen atoms in total. The Hall–Kier alpha value is -2.55. The number of amides is 1. The van der Waals surface area contributed by atoms with Gasteiger partial charge in [-0.3, -0.25) is 4.79 Å². The summed E-state index contributed by atoms with van der Waals surface area (Å²) in [7, 11) is 0. The lowest BCUT2D eigenvalue weighted by atomic mass is 10.1. The number of carbonyl (C=O) groups is 1. The van der Waals surface area contributed by atoms with Crippen LogP contribution in [0.2, 0.25) is 0 Å². The first-order chi connectivity index (χ1) is 9.69. The van der Waals surface area contributed by atoms with Crippen molar-refractivity contribution in [2.45, 2.75) is 6.92 Å². The van der Waals surface area contributed by atoms with Gasteiger partial charge in [-0.05, 0) is 43.3 Å². The molecule has 0 aliphatic rings. The zero-order valence-corrected chi connectivity index (χ0v) is 11.5. The summed E-state index contributed by atoms with van der Waals surface area (Å²) in [4.78, 5) is 12.0. The lowest BCUT2D eigenvalue weighted by Gasteiger charge is -2.07. The van der Waals surface area contributed by atoms with Gasteiger partial charge in [0.1, 0.15) is 0 Å². The van der Waals surface area contributed by atoms with Gasteiger partial charge in [-0.25, -0.2) is 0 Å². The number of hydrogen-bond donors (Lipinski definition) is 2. The van der Waals surface area contributed by atoms with Crippen LogP contribution >= 0.6 is 0 Å². The van der Waals surface area contributed by atoms with Crippen molar-refractivity contribution in [2.75, 3.05) is 17.2 Å². The Morgan fingerprint density at radius 2 is 1.65 bits per heavy atom. The van der Waals surface area contributed by atoms with Gasteiger partial charge in [0, 0.05) is 23.5 Å². The Balaban J connectivity index is 2.00. The van der Waals surface area contributed by atoms with Crippen LogP contribution in [0.3, 0.4) is 0 Å². The second kappa shape index (κ2) is 6.57. The number of benzene rings is 2. The van der Waals surface area contributed by atoms with Gasteiger partial charge in [-0.2, -0.15) is 0 Å². The van der Waals surface area contributed by atoms with Crippen LogP contribution in [0.15, 0.2) is 61.2 Å². The third-order valence-corrected chi connectivity index (χ3v) is 2.91. The van der Waals surface area contributed by atoms with Crippen LogP contribution < -0.4 is 10.6 Å². The van der Waals surface area contributed by atoms with Crippen LogP contribution in [0.5, 0.6) is 0 Å². The molecule has 0 aliphatic heterocycles. The normalized spacial score (nSPS) is 9.85. The summed E-state index contributed by atoms with van der Waals surface area (Å²) in [6, 6.07) is 15.1. The van der Waals surface area contributed by atoms with E-state index in [0.29, 0.717) is 5.56 Å². The minimum atomic E-state index is -0.100. The summed E-state index contributed by atoms with van der Waals surface area (Å²) in [6.07, 6.45) is 1.80. The van der Waals surface area contributed by atoms with Crippen molar-refractivity contribution in [2.24, 2.45) is 0 Å². The Morgan fingerprint density at radius 1 is 1.05 bits per heavy atom. The number of nitrogens with one attached hydrogen (secondary N) is 2. The number of anilines is 2. The van der Waals surface area contributed by atoms with Crippen molar-refractivity contribution in [3.63, 3.8) is 0 Å². The van der Waals surface area contributed by atoms with Gasteiger partial charge in [0.15, 0.2) is 0 Å². The van der Waals surface area contributed by atoms with E-state index < -0.39 is 0 Å². The van der Waals surface area contributed by atoms with E-state index in [1.807, 2.05) is 55.5 Å². The molecule has 2 rings (SSSR count). The van der Waals surface area contributed by atoms with Gasteiger partial charge in [0.25, 0.3) is 5.91 Å². The molecule has 0 saturated heterocycles. The number of rotatable bonds is 5. The van der Waals surface area contributed by atoms with Gasteiger partial charge in [0.05, 0.1) is 0 Å². The molecular formula is C17H18N2O. The molecule has 0 fully saturated rings. The van der Waals surface area contributed by atoms with E-state index in [0.717, 1.165) is 23.5 Å². The van der Waals surface area contributed by atoms with E-state index in [4.69, 9.17) is 0 Å². The molecule has 2 aromatic rings. The fraction of sp³-hybridized carbons (Fsp3) is 0.118. The van der Waals surface area contributed by atoms with Crippen LogP contribution in [0.4, 0.5) is 11.4 Å². The van der Waals surface area contributed by atoms with Gasteiger partial charge in [-0.1, -0.05) is 23.8 Å². The maximum atomic E-state index is 12.0. The Labute approximate surface area is 119 Å². The highest BCUT2D eigenvalue weighted by Gasteiger charge is 2.05. The van der Waals surface area contributed by atoms with Gasteiger partial charge in [0.2, 0.25) is 0 Å². The van der Waals surface area contributed by atoms with E-state index in [9.17, 15) is 4.79 Å². The first-order valence-electron chi connectivity index (χ1n) is 6.52. The molecule has 0 spiro atoms. The first kappa shape index (κ1) is 13.9. The van der Waals surface area contributed by atoms with E-state index in [2.05, 4.69) is 17.2 Å². The average molecular weight is 266 g/mol. The number of carbonyl (C=O) groups excluding carboxylic acids is 1. The largest absolute Gasteiger partial charge is 0.382 e. The quantitative estimate of drug-likeness (QED) is 0.807. The molecular weight excluding hydrogens is 248 g/mol. The summed E-state index contributed by atoms with van der Waals surface area (Å²) < 4.78 is 0. The molecule has 0 aliphatic carbocycles. The van der Waals surface area contributed by atoms with Crippen molar-refractivity contribution < 1.29 is 4.79 Å². The molecule has 2 aromatic carbocycles. The summed E-state index contributed by atoms with van der Waals surface area (Å²) >= 11 is 0. The molecule has 0 radical (unpaired) electrons. The lowest BCUT2D eigenvalue weighted by molar-refractivity contribution is 0.102. The van der Waals surface area contributed by atoms with Crippen LogP contribution in [0.25, 0.3) is 0 Å². The lowest BCUT2D eigenvalue weighted by Crippen LogP contribution is -2.11. The maximum absolute atomic E-state index is 12.0. The smallest absolute Gasteiger partial charge is 0.255 e. The Kier molecular flexibility index (Phi) is 4.56. The topological polar surface area (TPSA) is 41.1 Å². The molecule has 0 atom stereocenters. The molecule has 102 valence electrons. The molecule has 2 N–H and O–H groups in total. The predicted octanol–water partition coefficient (Wildman–Crippen LogP) is 3.85. The monoisotopic (exact) mass is 266 g/mol. The van der Waals surface area contributed by atoms with Gasteiger partial charge in [-0.15, -0.1) is 6.58 Å². The zero-order chi connectivity index (χ0) is 14.4. The maximum Gasteiger partial charge on any atom is 0.255 e. The highest BCUT2D eigenvalue weighted by atomic mass is 16.1. The molecule has 0 unspecified atom stereocenters. The fourth-order valence-electron chi connectivity index (χ4n) is 1.77. The Morgan fingerprint density at radius 3 is 2.25 bits per heavy atom. The Bertz CT molecular complexity index is 585. The third kappa shape index (κ3) is 3.72. The van der Waals surface area contributed by atoms with Crippen LogP contribution in [-0.4, -0.2) is 12.5 Å².